The van der Waals surface area contributed by atoms with E-state index in [4.69, 9.17) is 4.74 Å². The number of piperidine rings is 1. The van der Waals surface area contributed by atoms with E-state index in [0.717, 1.165) is 0 Å². The first-order chi connectivity index (χ1) is 14.6. The molecule has 2 saturated heterocycles. The average Bonchev–Trinajstić information content (AvgIpc) is 2.93. The summed E-state index contributed by atoms with van der Waals surface area (Å²) in [6, 6.07) is 5.61. The second kappa shape index (κ2) is 8.80. The van der Waals surface area contributed by atoms with Crippen molar-refractivity contribution in [3.05, 3.63) is 35.9 Å². The Morgan fingerprint density at radius 3 is 2.45 bits per heavy atom. The van der Waals surface area contributed by atoms with Crippen LogP contribution in [0.15, 0.2) is 30.3 Å². The first-order valence-electron chi connectivity index (χ1n) is 9.99. The molecule has 11 nitrogen and oxygen atoms in total. The SMILES string of the molecule is CC(C)(C)OC(=O)NC(C(=O)NNC(=O)C1CCC2CN1C(=O)N2O)c1ccccc1. The fraction of sp³-hybridized carbons (Fsp3) is 0.500. The molecule has 1 aromatic rings. The van der Waals surface area contributed by atoms with Crippen LogP contribution in [-0.4, -0.2) is 63.3 Å². The minimum atomic E-state index is -1.12. The number of amides is 5. The highest BCUT2D eigenvalue weighted by Gasteiger charge is 2.46. The van der Waals surface area contributed by atoms with Crippen molar-refractivity contribution in [2.45, 2.75) is 57.3 Å². The monoisotopic (exact) mass is 433 g/mol. The van der Waals surface area contributed by atoms with E-state index in [2.05, 4.69) is 16.2 Å². The predicted molar refractivity (Wildman–Crippen MR) is 107 cm³/mol. The molecular formula is C20H27N5O6. The summed E-state index contributed by atoms with van der Waals surface area (Å²) >= 11 is 0. The van der Waals surface area contributed by atoms with Crippen LogP contribution in [0.2, 0.25) is 0 Å². The maximum atomic E-state index is 12.8. The first kappa shape index (κ1) is 22.3. The number of hydrogen-bond acceptors (Lipinski definition) is 6. The van der Waals surface area contributed by atoms with E-state index in [1.54, 1.807) is 51.1 Å². The van der Waals surface area contributed by atoms with Crippen molar-refractivity contribution >= 4 is 23.9 Å². The van der Waals surface area contributed by atoms with Crippen LogP contribution in [-0.2, 0) is 14.3 Å². The average molecular weight is 433 g/mol. The van der Waals surface area contributed by atoms with Gasteiger partial charge in [-0.3, -0.25) is 25.6 Å². The Balaban J connectivity index is 1.64. The molecule has 1 aromatic carbocycles. The highest BCUT2D eigenvalue weighted by atomic mass is 16.6. The van der Waals surface area contributed by atoms with Crippen LogP contribution < -0.4 is 16.2 Å². The van der Waals surface area contributed by atoms with Crippen LogP contribution in [0.3, 0.4) is 0 Å². The molecule has 3 unspecified atom stereocenters. The van der Waals surface area contributed by atoms with Gasteiger partial charge in [0.2, 0.25) is 0 Å². The molecule has 0 saturated carbocycles. The van der Waals surface area contributed by atoms with Crippen molar-refractivity contribution in [1.82, 2.24) is 26.1 Å². The number of ether oxygens (including phenoxy) is 1. The Labute approximate surface area is 179 Å². The molecule has 0 aliphatic carbocycles. The summed E-state index contributed by atoms with van der Waals surface area (Å²) < 4.78 is 5.23. The predicted octanol–water partition coefficient (Wildman–Crippen LogP) is 1.06. The molecule has 3 atom stereocenters. The van der Waals surface area contributed by atoms with Crippen molar-refractivity contribution in [3.8, 4) is 0 Å². The molecule has 31 heavy (non-hydrogen) atoms. The van der Waals surface area contributed by atoms with Gasteiger partial charge in [0.15, 0.2) is 0 Å². The summed E-state index contributed by atoms with van der Waals surface area (Å²) in [5.74, 6) is -1.27. The van der Waals surface area contributed by atoms with Gasteiger partial charge in [-0.25, -0.2) is 14.7 Å². The minimum absolute atomic E-state index is 0.244. The smallest absolute Gasteiger partial charge is 0.408 e. The number of nitrogens with one attached hydrogen (secondary N) is 3. The van der Waals surface area contributed by atoms with Crippen molar-refractivity contribution in [2.24, 2.45) is 0 Å². The van der Waals surface area contributed by atoms with E-state index in [1.165, 1.54) is 4.90 Å². The lowest BCUT2D eigenvalue weighted by Crippen LogP contribution is -2.55. The van der Waals surface area contributed by atoms with E-state index in [9.17, 15) is 24.4 Å². The van der Waals surface area contributed by atoms with Crippen molar-refractivity contribution in [1.29, 1.82) is 0 Å². The van der Waals surface area contributed by atoms with Crippen molar-refractivity contribution in [2.75, 3.05) is 6.54 Å². The van der Waals surface area contributed by atoms with Gasteiger partial charge in [0.25, 0.3) is 11.8 Å². The van der Waals surface area contributed by atoms with Crippen LogP contribution in [0.1, 0.15) is 45.2 Å². The van der Waals surface area contributed by atoms with Crippen LogP contribution in [0.4, 0.5) is 9.59 Å². The summed E-state index contributed by atoms with van der Waals surface area (Å²) in [6.45, 7) is 5.35. The van der Waals surface area contributed by atoms with E-state index in [1.807, 2.05) is 0 Å². The molecule has 2 heterocycles. The van der Waals surface area contributed by atoms with Gasteiger partial charge in [-0.05, 0) is 39.2 Å². The van der Waals surface area contributed by atoms with Gasteiger partial charge in [-0.2, -0.15) is 0 Å². The molecule has 4 N–H and O–H groups in total. The molecule has 0 spiro atoms. The Morgan fingerprint density at radius 1 is 1.13 bits per heavy atom. The molecule has 168 valence electrons. The van der Waals surface area contributed by atoms with Gasteiger partial charge < -0.3 is 15.0 Å². The Kier molecular flexibility index (Phi) is 6.34. The Morgan fingerprint density at radius 2 is 1.81 bits per heavy atom. The van der Waals surface area contributed by atoms with Gasteiger partial charge in [-0.15, -0.1) is 0 Å². The molecule has 0 radical (unpaired) electrons. The highest BCUT2D eigenvalue weighted by Crippen LogP contribution is 2.28. The van der Waals surface area contributed by atoms with E-state index in [-0.39, 0.29) is 12.6 Å². The molecule has 0 aromatic heterocycles. The fourth-order valence-corrected chi connectivity index (χ4v) is 3.57. The lowest BCUT2D eigenvalue weighted by Gasteiger charge is -2.29. The highest BCUT2D eigenvalue weighted by molar-refractivity contribution is 5.92. The van der Waals surface area contributed by atoms with Gasteiger partial charge in [0, 0.05) is 6.54 Å². The van der Waals surface area contributed by atoms with Crippen LogP contribution in [0.25, 0.3) is 0 Å². The number of carbonyl (C=O) groups is 4. The second-order valence-electron chi connectivity index (χ2n) is 8.49. The van der Waals surface area contributed by atoms with Gasteiger partial charge >= 0.3 is 12.1 Å². The summed E-state index contributed by atoms with van der Waals surface area (Å²) in [4.78, 5) is 50.9. The van der Waals surface area contributed by atoms with Crippen molar-refractivity contribution in [3.63, 3.8) is 0 Å². The molecule has 2 aliphatic rings. The zero-order valence-electron chi connectivity index (χ0n) is 17.6. The molecule has 2 aliphatic heterocycles. The maximum Gasteiger partial charge on any atom is 0.408 e. The zero-order valence-corrected chi connectivity index (χ0v) is 17.6. The van der Waals surface area contributed by atoms with Crippen LogP contribution >= 0.6 is 0 Å². The van der Waals surface area contributed by atoms with Crippen molar-refractivity contribution < 1.29 is 29.1 Å². The van der Waals surface area contributed by atoms with Gasteiger partial charge in [0.05, 0.1) is 6.04 Å². The normalized spacial score (nSPS) is 21.4. The summed E-state index contributed by atoms with van der Waals surface area (Å²) in [6.07, 6.45) is 0.0391. The summed E-state index contributed by atoms with van der Waals surface area (Å²) in [5.41, 5.74) is 4.37. The van der Waals surface area contributed by atoms with Crippen LogP contribution in [0, 0.1) is 0 Å². The van der Waals surface area contributed by atoms with E-state index >= 15 is 0 Å². The molecular weight excluding hydrogens is 406 g/mol. The molecule has 5 amide bonds. The number of urea groups is 1. The largest absolute Gasteiger partial charge is 0.444 e. The molecule has 11 heteroatoms. The summed E-state index contributed by atoms with van der Waals surface area (Å²) in [5, 5.41) is 12.9. The van der Waals surface area contributed by atoms with Gasteiger partial charge in [-0.1, -0.05) is 30.3 Å². The summed E-state index contributed by atoms with van der Waals surface area (Å²) in [7, 11) is 0. The number of rotatable bonds is 4. The number of hydrogen-bond donors (Lipinski definition) is 4. The number of alkyl carbamates (subject to hydrolysis) is 1. The number of hydrazine groups is 1. The zero-order chi connectivity index (χ0) is 22.8. The Hall–Kier alpha value is -3.34. The number of benzene rings is 1. The maximum absolute atomic E-state index is 12.8. The van der Waals surface area contributed by atoms with Gasteiger partial charge in [0.1, 0.15) is 17.7 Å². The minimum Gasteiger partial charge on any atom is -0.444 e. The number of hydroxylamine groups is 2. The number of nitrogens with zero attached hydrogens (tertiary/aromatic N) is 2. The van der Waals surface area contributed by atoms with E-state index in [0.29, 0.717) is 23.5 Å². The molecule has 3 rings (SSSR count). The molecule has 2 bridgehead atoms. The third-order valence-corrected chi connectivity index (χ3v) is 5.01. The van der Waals surface area contributed by atoms with Crippen LogP contribution in [0.5, 0.6) is 0 Å². The number of carbonyl (C=O) groups excluding carboxylic acids is 4. The molecule has 2 fully saturated rings. The van der Waals surface area contributed by atoms with E-state index < -0.39 is 41.6 Å². The Bertz CT molecular complexity index is 855. The topological polar surface area (TPSA) is 140 Å². The lowest BCUT2D eigenvalue weighted by atomic mass is 10.0. The third-order valence-electron chi connectivity index (χ3n) is 5.01. The quantitative estimate of drug-likeness (QED) is 0.413. The second-order valence-corrected chi connectivity index (χ2v) is 8.49. The standard InChI is InChI=1S/C20H27N5O6/c1-20(2,3)31-18(28)21-15(12-7-5-4-6-8-12)17(27)23-22-16(26)14-10-9-13-11-24(14)19(29)25(13)30/h4-8,13-15,30H,9-11H2,1-3H3,(H,21,28)(H,22,26)(H,23,27). The third kappa shape index (κ3) is 5.23. The number of fused-ring (bicyclic) bond motifs is 2. The lowest BCUT2D eigenvalue weighted by molar-refractivity contribution is -0.132. The fourth-order valence-electron chi connectivity index (χ4n) is 3.57. The first-order valence-corrected chi connectivity index (χ1v) is 9.99.